The zero-order valence-corrected chi connectivity index (χ0v) is 19.3. The van der Waals surface area contributed by atoms with Gasteiger partial charge in [-0.2, -0.15) is 0 Å². The fourth-order valence-electron chi connectivity index (χ4n) is 3.75. The first-order valence-corrected chi connectivity index (χ1v) is 10.5. The topological polar surface area (TPSA) is 69.9 Å². The molecule has 0 unspecified atom stereocenters. The maximum atomic E-state index is 13.4. The van der Waals surface area contributed by atoms with Gasteiger partial charge < -0.3 is 23.9 Å². The largest absolute Gasteiger partial charge is 0.496 e. The number of carbonyl (C=O) groups excluding carboxylic acids is 1. The number of anilines is 1. The van der Waals surface area contributed by atoms with Crippen molar-refractivity contribution in [2.45, 2.75) is 6.92 Å². The second-order valence-electron chi connectivity index (χ2n) is 7.59. The molecule has 0 bridgehead atoms. The molecule has 3 aromatic carbocycles. The van der Waals surface area contributed by atoms with Gasteiger partial charge in [0.15, 0.2) is 11.5 Å². The van der Waals surface area contributed by atoms with Crippen LogP contribution in [0.15, 0.2) is 71.4 Å². The first-order valence-electron chi connectivity index (χ1n) is 10.5. The van der Waals surface area contributed by atoms with Gasteiger partial charge in [-0.3, -0.25) is 4.79 Å². The molecule has 6 nitrogen and oxygen atoms in total. The summed E-state index contributed by atoms with van der Waals surface area (Å²) in [6.07, 6.45) is 3.13. The molecule has 0 radical (unpaired) electrons. The number of benzene rings is 3. The molecule has 0 atom stereocenters. The smallest absolute Gasteiger partial charge is 0.248 e. The highest BCUT2D eigenvalue weighted by atomic mass is 19.1. The van der Waals surface area contributed by atoms with Crippen LogP contribution < -0.4 is 19.5 Å². The van der Waals surface area contributed by atoms with Crippen LogP contribution in [0.1, 0.15) is 12.5 Å². The van der Waals surface area contributed by atoms with E-state index in [0.29, 0.717) is 34.1 Å². The summed E-state index contributed by atoms with van der Waals surface area (Å²) in [5, 5.41) is 3.66. The quantitative estimate of drug-likeness (QED) is 0.327. The molecular weight excluding hydrogens is 437 g/mol. The van der Waals surface area contributed by atoms with Crippen molar-refractivity contribution in [2.75, 3.05) is 26.6 Å². The van der Waals surface area contributed by atoms with Crippen LogP contribution in [0.3, 0.4) is 0 Å². The minimum Gasteiger partial charge on any atom is -0.496 e. The lowest BCUT2D eigenvalue weighted by molar-refractivity contribution is -0.111. The number of carbonyl (C=O) groups is 1. The van der Waals surface area contributed by atoms with E-state index in [1.54, 1.807) is 56.9 Å². The lowest BCUT2D eigenvalue weighted by atomic mass is 9.99. The van der Waals surface area contributed by atoms with Crippen molar-refractivity contribution in [3.05, 3.63) is 78.3 Å². The number of hydrogen-bond donors (Lipinski definition) is 1. The summed E-state index contributed by atoms with van der Waals surface area (Å²) in [7, 11) is 4.64. The number of nitrogens with one attached hydrogen (secondary N) is 1. The second-order valence-corrected chi connectivity index (χ2v) is 7.59. The van der Waals surface area contributed by atoms with E-state index < -0.39 is 0 Å². The highest BCUT2D eigenvalue weighted by Crippen LogP contribution is 2.37. The number of rotatable bonds is 7. The zero-order chi connectivity index (χ0) is 24.2. The SMILES string of the molecule is COc1ccc(NC(=O)/C=C(\C)c2cc3c(-c4ccc(F)cc4)coc3cc2OC)cc1OC. The zero-order valence-electron chi connectivity index (χ0n) is 19.3. The Hall–Kier alpha value is -4.26. The van der Waals surface area contributed by atoms with E-state index in [2.05, 4.69) is 5.32 Å². The Kier molecular flexibility index (Phi) is 6.54. The molecule has 0 fully saturated rings. The number of fused-ring (bicyclic) bond motifs is 1. The molecule has 0 aliphatic rings. The molecule has 1 aromatic heterocycles. The fourth-order valence-corrected chi connectivity index (χ4v) is 3.75. The Morgan fingerprint density at radius 1 is 0.912 bits per heavy atom. The van der Waals surface area contributed by atoms with Crippen LogP contribution in [0.25, 0.3) is 27.7 Å². The first kappa shape index (κ1) is 22.9. The molecule has 4 aromatic rings. The van der Waals surface area contributed by atoms with Gasteiger partial charge in [0.25, 0.3) is 0 Å². The van der Waals surface area contributed by atoms with Crippen molar-refractivity contribution in [3.63, 3.8) is 0 Å². The molecule has 4 rings (SSSR count). The molecule has 1 heterocycles. The lowest BCUT2D eigenvalue weighted by Gasteiger charge is -2.11. The maximum Gasteiger partial charge on any atom is 0.248 e. The Morgan fingerprint density at radius 3 is 2.29 bits per heavy atom. The van der Waals surface area contributed by atoms with Gasteiger partial charge in [0.2, 0.25) is 5.91 Å². The third-order valence-electron chi connectivity index (χ3n) is 5.47. The van der Waals surface area contributed by atoms with Crippen molar-refractivity contribution >= 4 is 28.1 Å². The van der Waals surface area contributed by atoms with E-state index in [-0.39, 0.29) is 11.7 Å². The number of allylic oxidation sites excluding steroid dienone is 1. The number of methoxy groups -OCH3 is 3. The molecule has 174 valence electrons. The van der Waals surface area contributed by atoms with Gasteiger partial charge in [0.05, 0.1) is 27.6 Å². The molecule has 1 N–H and O–H groups in total. The van der Waals surface area contributed by atoms with Crippen LogP contribution in [0.5, 0.6) is 17.2 Å². The van der Waals surface area contributed by atoms with Crippen LogP contribution in [0.2, 0.25) is 0 Å². The fraction of sp³-hybridized carbons (Fsp3) is 0.148. The van der Waals surface area contributed by atoms with Crippen LogP contribution in [0, 0.1) is 5.82 Å². The standard InChI is InChI=1S/C27H24FNO5/c1-16(11-27(30)29-19-9-10-23(31-2)26(12-19)33-4)20-13-21-22(17-5-7-18(28)8-6-17)15-34-25(21)14-24(20)32-3/h5-15H,1-4H3,(H,29,30)/b16-11+. The van der Waals surface area contributed by atoms with Crippen molar-refractivity contribution in [1.29, 1.82) is 0 Å². The second kappa shape index (κ2) is 9.70. The predicted octanol–water partition coefficient (Wildman–Crippen LogP) is 6.31. The van der Waals surface area contributed by atoms with Crippen molar-refractivity contribution in [1.82, 2.24) is 0 Å². The minimum absolute atomic E-state index is 0.307. The Balaban J connectivity index is 1.66. The van der Waals surface area contributed by atoms with Crippen LogP contribution in [-0.2, 0) is 4.79 Å². The summed E-state index contributed by atoms with van der Waals surface area (Å²) in [5.41, 5.74) is 4.28. The average molecular weight is 461 g/mol. The Morgan fingerprint density at radius 2 is 1.62 bits per heavy atom. The number of hydrogen-bond acceptors (Lipinski definition) is 5. The average Bonchev–Trinajstić information content (AvgIpc) is 3.26. The molecule has 0 aliphatic heterocycles. The molecule has 7 heteroatoms. The summed E-state index contributed by atoms with van der Waals surface area (Å²) >= 11 is 0. The normalized spacial score (nSPS) is 11.4. The predicted molar refractivity (Wildman–Crippen MR) is 130 cm³/mol. The highest BCUT2D eigenvalue weighted by molar-refractivity contribution is 6.05. The number of halogens is 1. The third-order valence-corrected chi connectivity index (χ3v) is 5.47. The molecule has 34 heavy (non-hydrogen) atoms. The van der Waals surface area contributed by atoms with E-state index >= 15 is 0 Å². The Labute approximate surface area is 196 Å². The summed E-state index contributed by atoms with van der Waals surface area (Å²) in [6.45, 7) is 1.83. The number of ether oxygens (including phenoxy) is 3. The lowest BCUT2D eigenvalue weighted by Crippen LogP contribution is -2.09. The van der Waals surface area contributed by atoms with Crippen LogP contribution in [0.4, 0.5) is 10.1 Å². The van der Waals surface area contributed by atoms with Gasteiger partial charge >= 0.3 is 0 Å². The van der Waals surface area contributed by atoms with Gasteiger partial charge in [-0.05, 0) is 48.4 Å². The van der Waals surface area contributed by atoms with Crippen molar-refractivity contribution in [2.24, 2.45) is 0 Å². The van der Waals surface area contributed by atoms with Gasteiger partial charge in [-0.15, -0.1) is 0 Å². The maximum absolute atomic E-state index is 13.4. The summed E-state index contributed by atoms with van der Waals surface area (Å²) in [5.74, 6) is 1.04. The highest BCUT2D eigenvalue weighted by Gasteiger charge is 2.15. The van der Waals surface area contributed by atoms with E-state index in [1.807, 2.05) is 13.0 Å². The number of amides is 1. The van der Waals surface area contributed by atoms with Crippen LogP contribution in [-0.4, -0.2) is 27.2 Å². The molecular formula is C27H24FNO5. The summed E-state index contributed by atoms with van der Waals surface area (Å²) in [6, 6.07) is 15.0. The van der Waals surface area contributed by atoms with Gasteiger partial charge in [0.1, 0.15) is 17.1 Å². The van der Waals surface area contributed by atoms with Gasteiger partial charge in [-0.25, -0.2) is 4.39 Å². The number of furan rings is 1. The minimum atomic E-state index is -0.308. The van der Waals surface area contributed by atoms with E-state index in [1.165, 1.54) is 25.3 Å². The van der Waals surface area contributed by atoms with Crippen molar-refractivity contribution < 1.29 is 27.8 Å². The first-order chi connectivity index (χ1) is 16.4. The summed E-state index contributed by atoms with van der Waals surface area (Å²) < 4.78 is 35.2. The monoisotopic (exact) mass is 461 g/mol. The van der Waals surface area contributed by atoms with Gasteiger partial charge in [-0.1, -0.05) is 12.1 Å². The van der Waals surface area contributed by atoms with E-state index in [0.717, 1.165) is 22.1 Å². The van der Waals surface area contributed by atoms with E-state index in [9.17, 15) is 9.18 Å². The molecule has 0 saturated heterocycles. The molecule has 1 amide bonds. The summed E-state index contributed by atoms with van der Waals surface area (Å²) in [4.78, 5) is 12.7. The Bertz CT molecular complexity index is 1370. The van der Waals surface area contributed by atoms with Crippen LogP contribution >= 0.6 is 0 Å². The molecule has 0 saturated carbocycles. The van der Waals surface area contributed by atoms with E-state index in [4.69, 9.17) is 18.6 Å². The van der Waals surface area contributed by atoms with Gasteiger partial charge in [0, 0.05) is 40.4 Å². The molecule has 0 aliphatic carbocycles. The third kappa shape index (κ3) is 4.59. The van der Waals surface area contributed by atoms with Crippen molar-refractivity contribution in [3.8, 4) is 28.4 Å². The molecule has 0 spiro atoms.